The predicted octanol–water partition coefficient (Wildman–Crippen LogP) is -4.50. The number of rotatable bonds is 0. The van der Waals surface area contributed by atoms with Crippen LogP contribution in [0.4, 0.5) is 0 Å². The Morgan fingerprint density at radius 2 is 1.29 bits per heavy atom. The average molecular weight is 138 g/mol. The average Bonchev–Trinajstić information content (AvgIpc) is 1.41. The molecule has 0 aromatic heterocycles. The fraction of sp³-hybridized carbons (Fsp3) is 0. The van der Waals surface area contributed by atoms with Crippen molar-refractivity contribution >= 4 is 11.4 Å². The Labute approximate surface area is 64.7 Å². The smallest absolute Gasteiger partial charge is 0.727 e. The third-order valence-corrected chi connectivity index (χ3v) is 0. The second-order valence-corrected chi connectivity index (χ2v) is 0.692. The normalized spacial score (nSPS) is 5.86. The van der Waals surface area contributed by atoms with Gasteiger partial charge in [-0.25, -0.2) is 0 Å². The van der Waals surface area contributed by atoms with E-state index in [1.807, 2.05) is 0 Å². The third kappa shape index (κ3) is 178. The first-order valence-corrected chi connectivity index (χ1v) is 1.78. The van der Waals surface area contributed by atoms with Crippen LogP contribution in [0.1, 0.15) is 0 Å². The van der Waals surface area contributed by atoms with Gasteiger partial charge in [-0.3, -0.25) is 9.11 Å². The fourth-order valence-corrected chi connectivity index (χ4v) is 0. The summed E-state index contributed by atoms with van der Waals surface area (Å²) in [6, 6.07) is 0. The zero-order valence-corrected chi connectivity index (χ0v) is 6.38. The Hall–Kier alpha value is 0.990. The maximum atomic E-state index is 8.67. The van der Waals surface area contributed by atoms with Gasteiger partial charge in [0.25, 0.3) is 11.4 Å². The number of hydrogen-bond donors (Lipinski definition) is 3. The second-order valence-electron chi connectivity index (χ2n) is 0.231. The molecular formula is H3NaO5S. The molecule has 0 spiro atoms. The molecule has 0 radical (unpaired) electrons. The van der Waals surface area contributed by atoms with Crippen molar-refractivity contribution in [2.75, 3.05) is 0 Å². The molecule has 3 N–H and O–H groups in total. The molecule has 0 aromatic carbocycles. The van der Waals surface area contributed by atoms with Gasteiger partial charge < -0.3 is 10.5 Å². The van der Waals surface area contributed by atoms with Gasteiger partial charge in [0.1, 0.15) is 0 Å². The van der Waals surface area contributed by atoms with E-state index in [0.29, 0.717) is 0 Å². The molecule has 0 aromatic rings. The molecule has 7 heteroatoms. The number of hydrogen-bond acceptors (Lipinski definition) is 3. The van der Waals surface area contributed by atoms with E-state index >= 15 is 0 Å². The second kappa shape index (κ2) is 15.8. The molecule has 0 unspecified atom stereocenters. The SMILES string of the molecule is O=S(O)O.[Na+].[O-]O. The van der Waals surface area contributed by atoms with Crippen LogP contribution in [0.2, 0.25) is 0 Å². The molecular weight excluding hydrogens is 135 g/mol. The fourth-order valence-electron chi connectivity index (χ4n) is 0. The van der Waals surface area contributed by atoms with Crippen molar-refractivity contribution in [2.45, 2.75) is 0 Å². The van der Waals surface area contributed by atoms with E-state index in [0.717, 1.165) is 0 Å². The molecule has 0 atom stereocenters. The van der Waals surface area contributed by atoms with E-state index in [-0.39, 0.29) is 29.6 Å². The molecule has 0 saturated carbocycles. The largest absolute Gasteiger partial charge is 1.00 e. The molecule has 0 aliphatic carbocycles. The first kappa shape index (κ1) is 15.7. The quantitative estimate of drug-likeness (QED) is 0.135. The molecule has 0 amide bonds. The van der Waals surface area contributed by atoms with Crippen molar-refractivity contribution < 1.29 is 53.4 Å². The van der Waals surface area contributed by atoms with E-state index in [1.54, 1.807) is 0 Å². The zero-order chi connectivity index (χ0) is 5.58. The summed E-state index contributed by atoms with van der Waals surface area (Å²) in [6.07, 6.45) is 0. The molecule has 0 heterocycles. The molecule has 7 heavy (non-hydrogen) atoms. The van der Waals surface area contributed by atoms with Gasteiger partial charge in [-0.15, -0.1) is 0 Å². The van der Waals surface area contributed by atoms with Crippen LogP contribution in [0, 0.1) is 0 Å². The van der Waals surface area contributed by atoms with E-state index in [1.165, 1.54) is 0 Å². The van der Waals surface area contributed by atoms with Crippen LogP contribution in [0.15, 0.2) is 0 Å². The van der Waals surface area contributed by atoms with Crippen LogP contribution in [-0.4, -0.2) is 18.6 Å². The molecule has 0 rings (SSSR count). The van der Waals surface area contributed by atoms with Crippen LogP contribution < -0.4 is 34.8 Å². The van der Waals surface area contributed by atoms with Gasteiger partial charge >= 0.3 is 29.6 Å². The van der Waals surface area contributed by atoms with Crippen molar-refractivity contribution in [3.05, 3.63) is 0 Å². The minimum absolute atomic E-state index is 0. The monoisotopic (exact) mass is 138 g/mol. The van der Waals surface area contributed by atoms with Gasteiger partial charge in [0.15, 0.2) is 0 Å². The minimum Gasteiger partial charge on any atom is -0.727 e. The third-order valence-electron chi connectivity index (χ3n) is 0. The van der Waals surface area contributed by atoms with Gasteiger partial charge in [-0.1, -0.05) is 0 Å². The summed E-state index contributed by atoms with van der Waals surface area (Å²) in [5.41, 5.74) is 0. The van der Waals surface area contributed by atoms with Crippen molar-refractivity contribution in [3.63, 3.8) is 0 Å². The minimum atomic E-state index is -2.61. The van der Waals surface area contributed by atoms with Crippen molar-refractivity contribution in [1.29, 1.82) is 0 Å². The molecule has 40 valence electrons. The molecule has 0 bridgehead atoms. The first-order valence-electron chi connectivity index (χ1n) is 0.714. The van der Waals surface area contributed by atoms with Crippen LogP contribution in [-0.2, 0) is 11.4 Å². The van der Waals surface area contributed by atoms with Gasteiger partial charge in [0.05, 0.1) is 0 Å². The Morgan fingerprint density at radius 3 is 1.29 bits per heavy atom. The van der Waals surface area contributed by atoms with Crippen LogP contribution >= 0.6 is 0 Å². The summed E-state index contributed by atoms with van der Waals surface area (Å²) in [5, 5.41) is 13.0. The Morgan fingerprint density at radius 1 is 1.29 bits per heavy atom. The summed E-state index contributed by atoms with van der Waals surface area (Å²) in [7, 11) is 0. The molecule has 5 nitrogen and oxygen atoms in total. The van der Waals surface area contributed by atoms with Crippen LogP contribution in [0.25, 0.3) is 0 Å². The van der Waals surface area contributed by atoms with E-state index in [9.17, 15) is 0 Å². The van der Waals surface area contributed by atoms with E-state index in [2.05, 4.69) is 0 Å². The van der Waals surface area contributed by atoms with E-state index < -0.39 is 11.4 Å². The van der Waals surface area contributed by atoms with Crippen molar-refractivity contribution in [2.24, 2.45) is 0 Å². The Balaban J connectivity index is -0.0000000480. The first-order chi connectivity index (χ1) is 2.73. The van der Waals surface area contributed by atoms with Crippen LogP contribution in [0.5, 0.6) is 0 Å². The molecule has 0 aliphatic heterocycles. The summed E-state index contributed by atoms with van der Waals surface area (Å²) >= 11 is -2.61. The summed E-state index contributed by atoms with van der Waals surface area (Å²) in [4.78, 5) is 0. The Bertz CT molecular complexity index is 31.1. The molecule has 0 fully saturated rings. The van der Waals surface area contributed by atoms with Crippen molar-refractivity contribution in [3.8, 4) is 0 Å². The van der Waals surface area contributed by atoms with Gasteiger partial charge in [0, 0.05) is 0 Å². The maximum absolute atomic E-state index is 8.67. The van der Waals surface area contributed by atoms with Gasteiger partial charge in [-0.2, -0.15) is 4.21 Å². The molecule has 0 aliphatic rings. The topological polar surface area (TPSA) is 101 Å². The predicted molar refractivity (Wildman–Crippen MR) is 16.0 cm³/mol. The summed E-state index contributed by atoms with van der Waals surface area (Å²) < 4.78 is 22.8. The van der Waals surface area contributed by atoms with Crippen molar-refractivity contribution in [1.82, 2.24) is 0 Å². The van der Waals surface area contributed by atoms with E-state index in [4.69, 9.17) is 23.8 Å². The van der Waals surface area contributed by atoms with Crippen LogP contribution in [0.3, 0.4) is 0 Å². The Kier molecular flexibility index (Phi) is 35.3. The summed E-state index contributed by atoms with van der Waals surface area (Å²) in [5.74, 6) is 0. The summed E-state index contributed by atoms with van der Waals surface area (Å²) in [6.45, 7) is 0. The van der Waals surface area contributed by atoms with Gasteiger partial charge in [-0.05, 0) is 0 Å². The van der Waals surface area contributed by atoms with Gasteiger partial charge in [0.2, 0.25) is 0 Å². The zero-order valence-electron chi connectivity index (χ0n) is 3.57. The standard InChI is InChI=1S/Na.H2O3S.H2O2/c;1-4(2)3;1-2/h;(H2,1,2,3);1-2H/q+1;;/p-1. The maximum Gasteiger partial charge on any atom is 1.00 e. The molecule has 0 saturated heterocycles.